The fraction of sp³-hybridized carbons (Fsp3) is 0.375. The summed E-state index contributed by atoms with van der Waals surface area (Å²) in [7, 11) is 0. The van der Waals surface area contributed by atoms with Gasteiger partial charge in [-0.3, -0.25) is 0 Å². The Labute approximate surface area is 171 Å². The molecule has 2 aliphatic heterocycles. The molecule has 2 unspecified atom stereocenters. The maximum atomic E-state index is 12.5. The molecule has 2 saturated heterocycles. The molecule has 2 fully saturated rings. The summed E-state index contributed by atoms with van der Waals surface area (Å²) >= 11 is 0. The van der Waals surface area contributed by atoms with E-state index in [1.54, 1.807) is 0 Å². The molecule has 29 heavy (non-hydrogen) atoms. The first-order valence-electron chi connectivity index (χ1n) is 10.7. The van der Waals surface area contributed by atoms with E-state index in [1.165, 1.54) is 49.7 Å². The Morgan fingerprint density at radius 3 is 2.90 bits per heavy atom. The number of H-pyrrole nitrogens is 1. The molecule has 0 bridgehead atoms. The van der Waals surface area contributed by atoms with Gasteiger partial charge in [0.25, 0.3) is 0 Å². The molecule has 1 aromatic heterocycles. The third-order valence-electron chi connectivity index (χ3n) is 6.63. The highest BCUT2D eigenvalue weighted by Gasteiger charge is 2.33. The number of hydrogen-bond acceptors (Lipinski definition) is 2. The van der Waals surface area contributed by atoms with E-state index in [9.17, 15) is 4.79 Å². The minimum absolute atomic E-state index is 0.213. The Balaban J connectivity index is 1.34. The second-order valence-electron chi connectivity index (χ2n) is 8.45. The Bertz CT molecular complexity index is 1040. The lowest BCUT2D eigenvalue weighted by Gasteiger charge is -2.34. The van der Waals surface area contributed by atoms with Crippen molar-refractivity contribution in [3.63, 3.8) is 0 Å². The van der Waals surface area contributed by atoms with Gasteiger partial charge in [-0.25, -0.2) is 4.79 Å². The van der Waals surface area contributed by atoms with Crippen LogP contribution in [0.25, 0.3) is 10.9 Å². The van der Waals surface area contributed by atoms with Gasteiger partial charge in [-0.05, 0) is 87.0 Å². The van der Waals surface area contributed by atoms with E-state index in [-0.39, 0.29) is 6.03 Å². The molecule has 3 N–H and O–H groups in total. The van der Waals surface area contributed by atoms with Crippen LogP contribution in [0, 0.1) is 6.92 Å². The highest BCUT2D eigenvalue weighted by Crippen LogP contribution is 2.39. The van der Waals surface area contributed by atoms with Crippen molar-refractivity contribution < 1.29 is 4.79 Å². The summed E-state index contributed by atoms with van der Waals surface area (Å²) in [6.45, 7) is 4.47. The van der Waals surface area contributed by atoms with Crippen LogP contribution in [0.15, 0.2) is 48.7 Å². The summed E-state index contributed by atoms with van der Waals surface area (Å²) in [6.07, 6.45) is 7.32. The SMILES string of the molecule is Cc1ccccc1NC(=O)Nc1ccc2[nH]cc(C3CCN4CCCC4C3)c2c1. The number of urea groups is 1. The van der Waals surface area contributed by atoms with Crippen LogP contribution >= 0.6 is 0 Å². The molecule has 150 valence electrons. The molecule has 2 aliphatic rings. The largest absolute Gasteiger partial charge is 0.361 e. The second kappa shape index (κ2) is 7.56. The first kappa shape index (κ1) is 18.3. The molecular formula is C24H28N4O. The number of carbonyl (C=O) groups is 1. The fourth-order valence-corrected chi connectivity index (χ4v) is 5.06. The number of piperidine rings is 1. The van der Waals surface area contributed by atoms with Crippen LogP contribution in [0.4, 0.5) is 16.2 Å². The van der Waals surface area contributed by atoms with Crippen LogP contribution in [0.3, 0.4) is 0 Å². The zero-order chi connectivity index (χ0) is 19.8. The Morgan fingerprint density at radius 1 is 1.10 bits per heavy atom. The molecule has 2 amide bonds. The lowest BCUT2D eigenvalue weighted by Crippen LogP contribution is -2.37. The number of aromatic amines is 1. The van der Waals surface area contributed by atoms with Crippen LogP contribution in [-0.2, 0) is 0 Å². The molecule has 2 atom stereocenters. The van der Waals surface area contributed by atoms with Crippen molar-refractivity contribution in [2.45, 2.75) is 44.6 Å². The summed E-state index contributed by atoms with van der Waals surface area (Å²) < 4.78 is 0. The van der Waals surface area contributed by atoms with E-state index in [4.69, 9.17) is 0 Å². The third-order valence-corrected chi connectivity index (χ3v) is 6.63. The van der Waals surface area contributed by atoms with Gasteiger partial charge in [-0.15, -0.1) is 0 Å². The number of carbonyl (C=O) groups excluding carboxylic acids is 1. The fourth-order valence-electron chi connectivity index (χ4n) is 5.06. The molecule has 2 aromatic carbocycles. The number of aromatic nitrogens is 1. The molecule has 0 radical (unpaired) electrons. The van der Waals surface area contributed by atoms with E-state index >= 15 is 0 Å². The maximum Gasteiger partial charge on any atom is 0.323 e. The van der Waals surface area contributed by atoms with Gasteiger partial charge < -0.3 is 20.5 Å². The molecule has 0 aliphatic carbocycles. The number of nitrogens with one attached hydrogen (secondary N) is 3. The average Bonchev–Trinajstić information content (AvgIpc) is 3.35. The maximum absolute atomic E-state index is 12.5. The van der Waals surface area contributed by atoms with Gasteiger partial charge in [-0.2, -0.15) is 0 Å². The summed E-state index contributed by atoms with van der Waals surface area (Å²) in [4.78, 5) is 18.6. The number of aryl methyl sites for hydroxylation is 1. The van der Waals surface area contributed by atoms with Crippen molar-refractivity contribution in [3.05, 3.63) is 59.8 Å². The van der Waals surface area contributed by atoms with Crippen molar-refractivity contribution in [2.24, 2.45) is 0 Å². The van der Waals surface area contributed by atoms with Crippen LogP contribution in [0.2, 0.25) is 0 Å². The Morgan fingerprint density at radius 2 is 2.00 bits per heavy atom. The summed E-state index contributed by atoms with van der Waals surface area (Å²) in [6, 6.07) is 14.5. The quantitative estimate of drug-likeness (QED) is 0.558. The van der Waals surface area contributed by atoms with Crippen LogP contribution in [-0.4, -0.2) is 35.0 Å². The normalized spacial score (nSPS) is 21.8. The predicted octanol–water partition coefficient (Wildman–Crippen LogP) is 5.46. The first-order valence-corrected chi connectivity index (χ1v) is 10.7. The lowest BCUT2D eigenvalue weighted by molar-refractivity contribution is 0.181. The van der Waals surface area contributed by atoms with Gasteiger partial charge in [0.05, 0.1) is 0 Å². The van der Waals surface area contributed by atoms with Crippen LogP contribution < -0.4 is 10.6 Å². The highest BCUT2D eigenvalue weighted by molar-refractivity contribution is 6.01. The van der Waals surface area contributed by atoms with E-state index in [1.807, 2.05) is 37.3 Å². The number of rotatable bonds is 3. The molecule has 5 nitrogen and oxygen atoms in total. The number of fused-ring (bicyclic) bond motifs is 2. The summed E-state index contributed by atoms with van der Waals surface area (Å²) in [5.74, 6) is 0.596. The van der Waals surface area contributed by atoms with E-state index in [0.717, 1.165) is 28.5 Å². The number of benzene rings is 2. The zero-order valence-corrected chi connectivity index (χ0v) is 16.9. The molecule has 5 rings (SSSR count). The number of amides is 2. The number of nitrogens with zero attached hydrogens (tertiary/aromatic N) is 1. The molecule has 5 heteroatoms. The number of para-hydroxylation sites is 1. The first-order chi connectivity index (χ1) is 14.2. The molecule has 0 spiro atoms. The van der Waals surface area contributed by atoms with E-state index < -0.39 is 0 Å². The Hall–Kier alpha value is -2.79. The van der Waals surface area contributed by atoms with Gasteiger partial charge in [0.15, 0.2) is 0 Å². The van der Waals surface area contributed by atoms with Gasteiger partial charge in [0.1, 0.15) is 0 Å². The molecule has 0 saturated carbocycles. The molecular weight excluding hydrogens is 360 g/mol. The van der Waals surface area contributed by atoms with Crippen molar-refractivity contribution in [3.8, 4) is 0 Å². The van der Waals surface area contributed by atoms with E-state index in [0.29, 0.717) is 5.92 Å². The van der Waals surface area contributed by atoms with E-state index in [2.05, 4.69) is 38.8 Å². The van der Waals surface area contributed by atoms with Crippen molar-refractivity contribution in [1.29, 1.82) is 0 Å². The van der Waals surface area contributed by atoms with Crippen molar-refractivity contribution in [1.82, 2.24) is 9.88 Å². The molecule has 3 heterocycles. The van der Waals surface area contributed by atoms with Gasteiger partial charge >= 0.3 is 6.03 Å². The predicted molar refractivity (Wildman–Crippen MR) is 119 cm³/mol. The lowest BCUT2D eigenvalue weighted by atomic mass is 9.85. The highest BCUT2D eigenvalue weighted by atomic mass is 16.2. The smallest absolute Gasteiger partial charge is 0.323 e. The second-order valence-corrected chi connectivity index (χ2v) is 8.45. The third kappa shape index (κ3) is 3.62. The van der Waals surface area contributed by atoms with Gasteiger partial charge in [0, 0.05) is 34.5 Å². The summed E-state index contributed by atoms with van der Waals surface area (Å²) in [5, 5.41) is 7.17. The topological polar surface area (TPSA) is 60.2 Å². The Kier molecular flexibility index (Phi) is 4.76. The van der Waals surface area contributed by atoms with Crippen LogP contribution in [0.5, 0.6) is 0 Å². The monoisotopic (exact) mass is 388 g/mol. The molecule has 3 aromatic rings. The van der Waals surface area contributed by atoms with Crippen molar-refractivity contribution in [2.75, 3.05) is 23.7 Å². The van der Waals surface area contributed by atoms with Gasteiger partial charge in [0.2, 0.25) is 0 Å². The average molecular weight is 389 g/mol. The minimum Gasteiger partial charge on any atom is -0.361 e. The van der Waals surface area contributed by atoms with Crippen LogP contribution in [0.1, 0.15) is 42.7 Å². The van der Waals surface area contributed by atoms with Crippen molar-refractivity contribution >= 4 is 28.3 Å². The zero-order valence-electron chi connectivity index (χ0n) is 16.9. The minimum atomic E-state index is -0.213. The number of anilines is 2. The number of hydrogen-bond donors (Lipinski definition) is 3. The van der Waals surface area contributed by atoms with Gasteiger partial charge in [-0.1, -0.05) is 18.2 Å². The summed E-state index contributed by atoms with van der Waals surface area (Å²) in [5.41, 5.74) is 5.23. The standard InChI is InChI=1S/C24H28N4O/c1-16-5-2-3-7-22(16)27-24(29)26-18-8-9-23-20(14-18)21(15-25-23)17-10-12-28-11-4-6-19(28)13-17/h2-3,5,7-9,14-15,17,19,25H,4,6,10-13H2,1H3,(H2,26,27,29).